The molecule has 2 rings (SSSR count). The number of anilines is 2. The molecule has 2 aromatic carbocycles. The van der Waals surface area contributed by atoms with Crippen LogP contribution in [0, 0.1) is 15.0 Å². The molecule has 0 aliphatic heterocycles. The van der Waals surface area contributed by atoms with Crippen LogP contribution in [0.25, 0.3) is 0 Å². The summed E-state index contributed by atoms with van der Waals surface area (Å²) in [6.45, 7) is 0. The molecule has 0 fully saturated rings. The molecule has 90 valence electrons. The molecule has 0 aromatic heterocycles. The summed E-state index contributed by atoms with van der Waals surface area (Å²) in [4.78, 5) is 20.9. The minimum atomic E-state index is -0.495. The van der Waals surface area contributed by atoms with Crippen LogP contribution in [0.2, 0.25) is 0 Å². The molecule has 18 heavy (non-hydrogen) atoms. The molecule has 0 bridgehead atoms. The van der Waals surface area contributed by atoms with Gasteiger partial charge in [0.2, 0.25) is 0 Å². The third-order valence-corrected chi connectivity index (χ3v) is 2.39. The van der Waals surface area contributed by atoms with Crippen molar-refractivity contribution in [1.82, 2.24) is 0 Å². The summed E-state index contributed by atoms with van der Waals surface area (Å²) in [5.74, 6) is 0. The third-order valence-electron chi connectivity index (χ3n) is 2.39. The SMILES string of the molecule is O=NN(c1ccccc1)c1ccc([N+](=O)[O-])cc1. The van der Waals surface area contributed by atoms with Crippen LogP contribution in [0.4, 0.5) is 17.1 Å². The number of nitro benzene ring substituents is 1. The van der Waals surface area contributed by atoms with Gasteiger partial charge in [-0.3, -0.25) is 10.1 Å². The van der Waals surface area contributed by atoms with E-state index >= 15 is 0 Å². The van der Waals surface area contributed by atoms with Gasteiger partial charge in [-0.1, -0.05) is 18.2 Å². The van der Waals surface area contributed by atoms with Gasteiger partial charge in [-0.05, 0) is 24.3 Å². The van der Waals surface area contributed by atoms with Crippen LogP contribution in [0.3, 0.4) is 0 Å². The number of para-hydroxylation sites is 1. The number of hydrogen-bond donors (Lipinski definition) is 0. The van der Waals surface area contributed by atoms with Crippen LogP contribution < -0.4 is 5.01 Å². The molecule has 0 saturated carbocycles. The van der Waals surface area contributed by atoms with Gasteiger partial charge in [0.15, 0.2) is 0 Å². The van der Waals surface area contributed by atoms with Crippen molar-refractivity contribution in [1.29, 1.82) is 0 Å². The number of non-ortho nitro benzene ring substituents is 1. The van der Waals surface area contributed by atoms with Gasteiger partial charge in [0.1, 0.15) is 0 Å². The Hall–Kier alpha value is -2.76. The maximum absolute atomic E-state index is 10.9. The van der Waals surface area contributed by atoms with Crippen molar-refractivity contribution < 1.29 is 4.92 Å². The molecule has 0 amide bonds. The van der Waals surface area contributed by atoms with Gasteiger partial charge in [-0.2, -0.15) is 5.01 Å². The van der Waals surface area contributed by atoms with Crippen LogP contribution >= 0.6 is 0 Å². The van der Waals surface area contributed by atoms with Crippen LogP contribution in [0.5, 0.6) is 0 Å². The summed E-state index contributed by atoms with van der Waals surface area (Å²) in [5.41, 5.74) is 1.04. The zero-order chi connectivity index (χ0) is 13.0. The van der Waals surface area contributed by atoms with E-state index in [0.717, 1.165) is 0 Å². The highest BCUT2D eigenvalue weighted by Crippen LogP contribution is 2.26. The molecule has 0 radical (unpaired) electrons. The molecular weight excluding hydrogens is 234 g/mol. The summed E-state index contributed by atoms with van der Waals surface area (Å²) in [5, 5.41) is 14.6. The predicted molar refractivity (Wildman–Crippen MR) is 67.5 cm³/mol. The molecule has 6 heteroatoms. The molecule has 0 heterocycles. The molecule has 0 spiro atoms. The third kappa shape index (κ3) is 2.32. The fourth-order valence-corrected chi connectivity index (χ4v) is 1.53. The molecule has 0 aliphatic carbocycles. The summed E-state index contributed by atoms with van der Waals surface area (Å²) >= 11 is 0. The second-order valence-electron chi connectivity index (χ2n) is 3.50. The minimum absolute atomic E-state index is 0.0299. The Labute approximate surface area is 103 Å². The standard InChI is InChI=1S/C12H9N3O3/c16-13-14(10-4-2-1-3-5-10)11-6-8-12(9-7-11)15(17)18/h1-9H. The number of nitroso groups, excluding NO2 is 1. The Balaban J connectivity index is 2.34. The van der Waals surface area contributed by atoms with Crippen molar-refractivity contribution in [3.05, 3.63) is 69.6 Å². The first-order chi connectivity index (χ1) is 8.72. The van der Waals surface area contributed by atoms with Crippen molar-refractivity contribution in [3.63, 3.8) is 0 Å². The fourth-order valence-electron chi connectivity index (χ4n) is 1.53. The Bertz CT molecular complexity index is 555. The molecular formula is C12H9N3O3. The Morgan fingerprint density at radius 3 is 2.00 bits per heavy atom. The van der Waals surface area contributed by atoms with Crippen molar-refractivity contribution in [2.24, 2.45) is 5.29 Å². The maximum atomic E-state index is 10.9. The first-order valence-electron chi connectivity index (χ1n) is 5.15. The summed E-state index contributed by atoms with van der Waals surface area (Å²) in [6, 6.07) is 14.4. The average Bonchev–Trinajstić information content (AvgIpc) is 2.41. The van der Waals surface area contributed by atoms with E-state index in [2.05, 4.69) is 5.29 Å². The second kappa shape index (κ2) is 5.05. The van der Waals surface area contributed by atoms with Crippen molar-refractivity contribution in [2.45, 2.75) is 0 Å². The summed E-state index contributed by atoms with van der Waals surface area (Å²) in [6.07, 6.45) is 0. The van der Waals surface area contributed by atoms with Crippen molar-refractivity contribution in [3.8, 4) is 0 Å². The zero-order valence-corrected chi connectivity index (χ0v) is 9.26. The van der Waals surface area contributed by atoms with Gasteiger partial charge in [0, 0.05) is 12.1 Å². The molecule has 0 aliphatic rings. The smallest absolute Gasteiger partial charge is 0.258 e. The van der Waals surface area contributed by atoms with Crippen LogP contribution in [0.15, 0.2) is 59.9 Å². The van der Waals surface area contributed by atoms with Gasteiger partial charge in [-0.15, -0.1) is 4.91 Å². The van der Waals surface area contributed by atoms with Gasteiger partial charge in [-0.25, -0.2) is 0 Å². The van der Waals surface area contributed by atoms with Crippen LogP contribution in [-0.4, -0.2) is 4.92 Å². The lowest BCUT2D eigenvalue weighted by Crippen LogP contribution is -2.07. The van der Waals surface area contributed by atoms with Gasteiger partial charge >= 0.3 is 0 Å². The van der Waals surface area contributed by atoms with Crippen LogP contribution in [-0.2, 0) is 0 Å². The lowest BCUT2D eigenvalue weighted by molar-refractivity contribution is -0.384. The highest BCUT2D eigenvalue weighted by atomic mass is 16.6. The van der Waals surface area contributed by atoms with Crippen molar-refractivity contribution in [2.75, 3.05) is 5.01 Å². The highest BCUT2D eigenvalue weighted by Gasteiger charge is 2.11. The number of rotatable bonds is 4. The number of nitrogens with zero attached hydrogens (tertiary/aromatic N) is 3. The van der Waals surface area contributed by atoms with Gasteiger partial charge < -0.3 is 0 Å². The van der Waals surface area contributed by atoms with E-state index in [1.165, 1.54) is 29.3 Å². The Morgan fingerprint density at radius 1 is 0.944 bits per heavy atom. The Kier molecular flexibility index (Phi) is 3.29. The van der Waals surface area contributed by atoms with E-state index in [1.807, 2.05) is 6.07 Å². The average molecular weight is 243 g/mol. The van der Waals surface area contributed by atoms with E-state index in [9.17, 15) is 15.0 Å². The van der Waals surface area contributed by atoms with Crippen molar-refractivity contribution >= 4 is 17.1 Å². The van der Waals surface area contributed by atoms with Gasteiger partial charge in [0.05, 0.1) is 21.6 Å². The number of hydrogen-bond acceptors (Lipinski definition) is 4. The van der Waals surface area contributed by atoms with E-state index < -0.39 is 4.92 Å². The zero-order valence-electron chi connectivity index (χ0n) is 9.26. The normalized spacial score (nSPS) is 9.78. The lowest BCUT2D eigenvalue weighted by atomic mass is 10.2. The first-order valence-corrected chi connectivity index (χ1v) is 5.15. The van der Waals surface area contributed by atoms with E-state index in [1.54, 1.807) is 24.3 Å². The fraction of sp³-hybridized carbons (Fsp3) is 0. The molecule has 0 atom stereocenters. The molecule has 0 N–H and O–H groups in total. The highest BCUT2D eigenvalue weighted by molar-refractivity contribution is 5.63. The van der Waals surface area contributed by atoms with Crippen LogP contribution in [0.1, 0.15) is 0 Å². The quantitative estimate of drug-likeness (QED) is 0.468. The predicted octanol–water partition coefficient (Wildman–Crippen LogP) is 3.41. The molecule has 2 aromatic rings. The largest absolute Gasteiger partial charge is 0.269 e. The maximum Gasteiger partial charge on any atom is 0.269 e. The number of nitro groups is 1. The Morgan fingerprint density at radius 2 is 1.50 bits per heavy atom. The summed E-state index contributed by atoms with van der Waals surface area (Å²) in [7, 11) is 0. The lowest BCUT2D eigenvalue weighted by Gasteiger charge is -2.14. The molecule has 6 nitrogen and oxygen atoms in total. The molecule has 0 unspecified atom stereocenters. The molecule has 0 saturated heterocycles. The topological polar surface area (TPSA) is 75.8 Å². The monoisotopic (exact) mass is 243 g/mol. The van der Waals surface area contributed by atoms with E-state index in [4.69, 9.17) is 0 Å². The second-order valence-corrected chi connectivity index (χ2v) is 3.50. The first kappa shape index (κ1) is 11.7. The summed E-state index contributed by atoms with van der Waals surface area (Å²) < 4.78 is 0. The minimum Gasteiger partial charge on any atom is -0.258 e. The van der Waals surface area contributed by atoms with E-state index in [-0.39, 0.29) is 5.69 Å². The number of benzene rings is 2. The van der Waals surface area contributed by atoms with Gasteiger partial charge in [0.25, 0.3) is 5.69 Å². The van der Waals surface area contributed by atoms with E-state index in [0.29, 0.717) is 11.4 Å².